The van der Waals surface area contributed by atoms with Gasteiger partial charge in [0.1, 0.15) is 5.75 Å². The number of hydrogen-bond acceptors (Lipinski definition) is 5. The minimum Gasteiger partial charge on any atom is -0.493 e. The molecule has 7 nitrogen and oxygen atoms in total. The average molecular weight is 413 g/mol. The van der Waals surface area contributed by atoms with Crippen LogP contribution in [0.4, 0.5) is 0 Å². The fourth-order valence-electron chi connectivity index (χ4n) is 3.20. The van der Waals surface area contributed by atoms with E-state index in [0.29, 0.717) is 32.2 Å². The number of guanidine groups is 1. The zero-order chi connectivity index (χ0) is 19.1. The van der Waals surface area contributed by atoms with Gasteiger partial charge in [-0.2, -0.15) is 11.8 Å². The molecule has 2 aliphatic heterocycles. The molecule has 150 valence electrons. The normalized spacial score (nSPS) is 21.2. The van der Waals surface area contributed by atoms with Crippen molar-refractivity contribution in [2.75, 3.05) is 50.0 Å². The number of hydrogen-bond donors (Lipinski definition) is 2. The molecule has 2 heterocycles. The third-order valence-corrected chi connectivity index (χ3v) is 7.39. The Morgan fingerprint density at radius 2 is 2.11 bits per heavy atom. The van der Waals surface area contributed by atoms with Crippen molar-refractivity contribution in [3.63, 3.8) is 0 Å². The Kier molecular flexibility index (Phi) is 7.26. The molecular weight excluding hydrogens is 384 g/mol. The molecule has 1 aromatic carbocycles. The number of ether oxygens (including phenoxy) is 1. The Labute approximate surface area is 166 Å². The number of nitrogens with zero attached hydrogens (tertiary/aromatic N) is 2. The predicted octanol–water partition coefficient (Wildman–Crippen LogP) is 1.44. The van der Waals surface area contributed by atoms with Gasteiger partial charge in [-0.05, 0) is 13.0 Å². The lowest BCUT2D eigenvalue weighted by Gasteiger charge is -2.28. The fraction of sp³-hybridized carbons (Fsp3) is 0.611. The molecule has 0 bridgehead atoms. The third kappa shape index (κ3) is 5.52. The highest BCUT2D eigenvalue weighted by Gasteiger charge is 2.24. The summed E-state index contributed by atoms with van der Waals surface area (Å²) in [6.45, 7) is 4.81. The fourth-order valence-corrected chi connectivity index (χ4v) is 5.66. The highest BCUT2D eigenvalue weighted by molar-refractivity contribution is 7.99. The lowest BCUT2D eigenvalue weighted by atomic mass is 10.0. The number of nitrogens with one attached hydrogen (secondary N) is 2. The van der Waals surface area contributed by atoms with Crippen LogP contribution in [0.2, 0.25) is 0 Å². The summed E-state index contributed by atoms with van der Waals surface area (Å²) in [5, 5.41) is 6.64. The number of thioether (sulfide) groups is 1. The van der Waals surface area contributed by atoms with Gasteiger partial charge in [0.05, 0.1) is 24.9 Å². The van der Waals surface area contributed by atoms with E-state index < -0.39 is 10.0 Å². The van der Waals surface area contributed by atoms with E-state index in [-0.39, 0.29) is 18.3 Å². The molecular formula is C18H28N4O3S2. The van der Waals surface area contributed by atoms with E-state index in [1.54, 1.807) is 16.1 Å². The van der Waals surface area contributed by atoms with E-state index in [2.05, 4.69) is 21.7 Å². The van der Waals surface area contributed by atoms with Gasteiger partial charge in [-0.15, -0.1) is 0 Å². The van der Waals surface area contributed by atoms with E-state index in [1.165, 1.54) is 0 Å². The van der Waals surface area contributed by atoms with Gasteiger partial charge in [-0.3, -0.25) is 4.99 Å². The average Bonchev–Trinajstić information content (AvgIpc) is 2.69. The number of benzene rings is 1. The van der Waals surface area contributed by atoms with E-state index in [9.17, 15) is 8.42 Å². The highest BCUT2D eigenvalue weighted by Crippen LogP contribution is 2.31. The van der Waals surface area contributed by atoms with Crippen molar-refractivity contribution in [3.8, 4) is 5.75 Å². The first kappa shape index (κ1) is 20.3. The lowest BCUT2D eigenvalue weighted by Crippen LogP contribution is -2.42. The Hall–Kier alpha value is -1.45. The molecule has 0 aliphatic carbocycles. The maximum absolute atomic E-state index is 12.5. The minimum absolute atomic E-state index is 0.0403. The van der Waals surface area contributed by atoms with Crippen LogP contribution in [0, 0.1) is 0 Å². The summed E-state index contributed by atoms with van der Waals surface area (Å²) in [6, 6.07) is 8.08. The maximum Gasteiger partial charge on any atom is 0.215 e. The first-order valence-electron chi connectivity index (χ1n) is 9.42. The van der Waals surface area contributed by atoms with Crippen LogP contribution < -0.4 is 15.4 Å². The smallest absolute Gasteiger partial charge is 0.215 e. The quantitative estimate of drug-likeness (QED) is 0.544. The minimum atomic E-state index is -3.24. The molecule has 1 fully saturated rings. The van der Waals surface area contributed by atoms with Gasteiger partial charge in [0, 0.05) is 43.1 Å². The van der Waals surface area contributed by atoms with Crippen LogP contribution in [0.3, 0.4) is 0 Å². The summed E-state index contributed by atoms with van der Waals surface area (Å²) in [6.07, 6.45) is 0.838. The summed E-state index contributed by atoms with van der Waals surface area (Å²) in [7, 11) is -3.24. The van der Waals surface area contributed by atoms with Crippen LogP contribution in [-0.4, -0.2) is 68.7 Å². The Balaban J connectivity index is 1.62. The van der Waals surface area contributed by atoms with Crippen LogP contribution in [0.25, 0.3) is 0 Å². The van der Waals surface area contributed by atoms with E-state index >= 15 is 0 Å². The molecule has 1 atom stereocenters. The molecule has 2 N–H and O–H groups in total. The molecule has 1 saturated heterocycles. The first-order chi connectivity index (χ1) is 13.1. The summed E-state index contributed by atoms with van der Waals surface area (Å²) < 4.78 is 32.2. The van der Waals surface area contributed by atoms with Gasteiger partial charge in [0.2, 0.25) is 10.0 Å². The van der Waals surface area contributed by atoms with Crippen LogP contribution in [0.1, 0.15) is 24.9 Å². The SMILES string of the molecule is CCNC(=NCCS(=O)(=O)N1CCSCC1)NC1CCOc2ccccc21. The molecule has 3 rings (SSSR count). The van der Waals surface area contributed by atoms with E-state index in [0.717, 1.165) is 29.2 Å². The Morgan fingerprint density at radius 3 is 2.89 bits per heavy atom. The number of fused-ring (bicyclic) bond motifs is 1. The lowest BCUT2D eigenvalue weighted by molar-refractivity contribution is 0.261. The second-order valence-electron chi connectivity index (χ2n) is 6.46. The maximum atomic E-state index is 12.5. The second-order valence-corrected chi connectivity index (χ2v) is 9.77. The predicted molar refractivity (Wildman–Crippen MR) is 111 cm³/mol. The Bertz CT molecular complexity index is 749. The molecule has 1 aromatic rings. The zero-order valence-electron chi connectivity index (χ0n) is 15.7. The van der Waals surface area contributed by atoms with Crippen molar-refractivity contribution in [3.05, 3.63) is 29.8 Å². The largest absolute Gasteiger partial charge is 0.493 e. The van der Waals surface area contributed by atoms with Crippen LogP contribution in [0.5, 0.6) is 5.75 Å². The molecule has 9 heteroatoms. The summed E-state index contributed by atoms with van der Waals surface area (Å²) in [4.78, 5) is 4.50. The van der Waals surface area contributed by atoms with Crippen molar-refractivity contribution < 1.29 is 13.2 Å². The number of aliphatic imine (C=N–C) groups is 1. The van der Waals surface area contributed by atoms with Crippen molar-refractivity contribution in [1.29, 1.82) is 0 Å². The first-order valence-corrected chi connectivity index (χ1v) is 12.2. The number of sulfonamides is 1. The Morgan fingerprint density at radius 1 is 1.33 bits per heavy atom. The van der Waals surface area contributed by atoms with Gasteiger partial charge in [0.25, 0.3) is 0 Å². The molecule has 0 saturated carbocycles. The summed E-state index contributed by atoms with van der Waals surface area (Å²) >= 11 is 1.80. The van der Waals surface area contributed by atoms with Gasteiger partial charge in [-0.25, -0.2) is 12.7 Å². The topological polar surface area (TPSA) is 83.0 Å². The number of rotatable bonds is 6. The monoisotopic (exact) mass is 412 g/mol. The van der Waals surface area contributed by atoms with Crippen molar-refractivity contribution in [2.45, 2.75) is 19.4 Å². The number of para-hydroxylation sites is 1. The van der Waals surface area contributed by atoms with Gasteiger partial charge < -0.3 is 15.4 Å². The van der Waals surface area contributed by atoms with Crippen molar-refractivity contribution in [2.24, 2.45) is 4.99 Å². The second kappa shape index (κ2) is 9.66. The van der Waals surface area contributed by atoms with Crippen LogP contribution in [0.15, 0.2) is 29.3 Å². The van der Waals surface area contributed by atoms with Gasteiger partial charge in [0.15, 0.2) is 5.96 Å². The van der Waals surface area contributed by atoms with E-state index in [1.807, 2.05) is 25.1 Å². The zero-order valence-corrected chi connectivity index (χ0v) is 17.3. The molecule has 0 aromatic heterocycles. The third-order valence-electron chi connectivity index (χ3n) is 4.60. The molecule has 27 heavy (non-hydrogen) atoms. The van der Waals surface area contributed by atoms with Crippen molar-refractivity contribution >= 4 is 27.7 Å². The molecule has 0 radical (unpaired) electrons. The molecule has 0 spiro atoms. The standard InChI is InChI=1S/C18H28N4O3S2/c1-2-19-18(20-8-14-27(23,24)22-9-12-26-13-10-22)21-16-7-11-25-17-6-4-3-5-15(16)17/h3-6,16H,2,7-14H2,1H3,(H2,19,20,21). The van der Waals surface area contributed by atoms with Crippen LogP contribution >= 0.6 is 11.8 Å². The van der Waals surface area contributed by atoms with Crippen LogP contribution in [-0.2, 0) is 10.0 Å². The van der Waals surface area contributed by atoms with Crippen molar-refractivity contribution in [1.82, 2.24) is 14.9 Å². The summed E-state index contributed by atoms with van der Waals surface area (Å²) in [5.41, 5.74) is 1.10. The van der Waals surface area contributed by atoms with E-state index in [4.69, 9.17) is 4.74 Å². The molecule has 0 amide bonds. The molecule has 2 aliphatic rings. The highest BCUT2D eigenvalue weighted by atomic mass is 32.2. The molecule has 1 unspecified atom stereocenters. The van der Waals surface area contributed by atoms with Gasteiger partial charge in [-0.1, -0.05) is 18.2 Å². The van der Waals surface area contributed by atoms with Gasteiger partial charge >= 0.3 is 0 Å². The summed E-state index contributed by atoms with van der Waals surface area (Å²) in [5.74, 6) is 3.32.